The molecule has 1 aromatic heterocycles. The van der Waals surface area contributed by atoms with Gasteiger partial charge in [-0.15, -0.1) is 0 Å². The van der Waals surface area contributed by atoms with Crippen molar-refractivity contribution < 1.29 is 27.6 Å². The number of nitrogens with zero attached hydrogens (tertiary/aromatic N) is 3. The molecule has 2 aromatic carbocycles. The van der Waals surface area contributed by atoms with Gasteiger partial charge in [0.25, 0.3) is 5.78 Å². The number of alkyl halides is 2. The van der Waals surface area contributed by atoms with E-state index in [9.17, 15) is 18.4 Å². The molecule has 208 valence electrons. The van der Waals surface area contributed by atoms with Gasteiger partial charge in [0.2, 0.25) is 0 Å². The van der Waals surface area contributed by atoms with Gasteiger partial charge in [0, 0.05) is 54.7 Å². The number of hydrogen-bond acceptors (Lipinski definition) is 7. The minimum Gasteiger partial charge on any atom is -0.458 e. The molecule has 11 heteroatoms. The number of carbonyl (C=O) groups excluding carboxylic acids is 2. The number of ketones is 1. The van der Waals surface area contributed by atoms with Gasteiger partial charge in [-0.25, -0.2) is 4.79 Å². The van der Waals surface area contributed by atoms with Gasteiger partial charge in [0.1, 0.15) is 17.4 Å². The molecule has 0 radical (unpaired) electrons. The Morgan fingerprint density at radius 2 is 1.75 bits per heavy atom. The molecule has 1 aliphatic carbocycles. The number of likely N-dealkylation sites (N-methyl/N-ethyl adjacent to an activating group) is 1. The molecular weight excluding hydrogens is 563 g/mol. The van der Waals surface area contributed by atoms with Crippen LogP contribution in [0.4, 0.5) is 20.2 Å². The number of anilines is 2. The number of hydrogen-bond donors (Lipinski definition) is 0. The summed E-state index contributed by atoms with van der Waals surface area (Å²) in [7, 11) is 1.23. The molecule has 2 bridgehead atoms. The molecule has 0 spiro atoms. The maximum atomic E-state index is 14.3. The van der Waals surface area contributed by atoms with E-state index in [0.717, 1.165) is 36.3 Å². The van der Waals surface area contributed by atoms with Gasteiger partial charge < -0.3 is 19.1 Å². The first-order valence-electron chi connectivity index (χ1n) is 13.4. The summed E-state index contributed by atoms with van der Waals surface area (Å²) in [5.41, 5.74) is 2.05. The lowest BCUT2D eigenvalue weighted by Gasteiger charge is -2.40. The highest BCUT2D eigenvalue weighted by Gasteiger charge is 2.52. The normalized spacial score (nSPS) is 24.9. The summed E-state index contributed by atoms with van der Waals surface area (Å²) in [6.07, 6.45) is 4.44. The first kappa shape index (κ1) is 25.8. The molecule has 1 saturated carbocycles. The van der Waals surface area contributed by atoms with Crippen molar-refractivity contribution in [3.05, 3.63) is 63.3 Å². The molecular formula is C29H25Cl2F2N3O4. The summed E-state index contributed by atoms with van der Waals surface area (Å²) >= 11 is 12.9. The molecule has 4 aliphatic rings. The summed E-state index contributed by atoms with van der Waals surface area (Å²) in [4.78, 5) is 28.8. The van der Waals surface area contributed by atoms with Crippen LogP contribution in [-0.4, -0.2) is 48.2 Å². The monoisotopic (exact) mass is 587 g/mol. The third-order valence-corrected chi connectivity index (χ3v) is 9.24. The van der Waals surface area contributed by atoms with Crippen molar-refractivity contribution >= 4 is 46.3 Å². The number of ether oxygens (including phenoxy) is 1. The zero-order chi connectivity index (χ0) is 27.9. The molecule has 3 fully saturated rings. The predicted molar refractivity (Wildman–Crippen MR) is 146 cm³/mol. The van der Waals surface area contributed by atoms with Crippen molar-refractivity contribution in [3.8, 4) is 11.3 Å². The van der Waals surface area contributed by atoms with Crippen LogP contribution in [0.5, 0.6) is 0 Å². The molecule has 3 aromatic rings. The maximum Gasteiger partial charge on any atom is 0.389 e. The van der Waals surface area contributed by atoms with Crippen LogP contribution < -0.4 is 9.80 Å². The zero-order valence-corrected chi connectivity index (χ0v) is 23.0. The van der Waals surface area contributed by atoms with Crippen LogP contribution in [0.1, 0.15) is 70.9 Å². The van der Waals surface area contributed by atoms with Crippen LogP contribution in [0.25, 0.3) is 11.3 Å². The van der Waals surface area contributed by atoms with E-state index in [-0.39, 0.29) is 46.6 Å². The van der Waals surface area contributed by atoms with Crippen LogP contribution in [0.2, 0.25) is 10.0 Å². The smallest absolute Gasteiger partial charge is 0.389 e. The van der Waals surface area contributed by atoms with Crippen LogP contribution in [0.3, 0.4) is 0 Å². The largest absolute Gasteiger partial charge is 0.458 e. The van der Waals surface area contributed by atoms with Gasteiger partial charge in [-0.3, -0.25) is 4.79 Å². The average molecular weight is 588 g/mol. The first-order valence-corrected chi connectivity index (χ1v) is 14.1. The highest BCUT2D eigenvalue weighted by molar-refractivity contribution is 6.39. The fourth-order valence-corrected chi connectivity index (χ4v) is 7.07. The fourth-order valence-electron chi connectivity index (χ4n) is 6.49. The Labute approximate surface area is 238 Å². The standard InChI is InChI=1S/C29H25Cl2F2N3O4/c1-35-22-13-17(9-10-19(22)27(37)29(35,32)33)36-15-7-8-16(36)12-18(11-15)39-28(38)24-25(34-40-26(24)14-5-6-14)23-20(30)3-2-4-21(23)31/h2-4,9-10,13-16,18H,5-8,11-12H2,1H3/t15-,16+,18+. The number of fused-ring (bicyclic) bond motifs is 3. The number of carbonyl (C=O) groups is 2. The van der Waals surface area contributed by atoms with Crippen molar-refractivity contribution in [2.45, 2.75) is 68.7 Å². The summed E-state index contributed by atoms with van der Waals surface area (Å²) in [6, 6.07) is 6.58. The first-order chi connectivity index (χ1) is 19.1. The van der Waals surface area contributed by atoms with Gasteiger partial charge in [0.05, 0.1) is 15.7 Å². The Morgan fingerprint density at radius 3 is 2.40 bits per heavy atom. The lowest BCUT2D eigenvalue weighted by Crippen LogP contribution is -2.46. The third-order valence-electron chi connectivity index (χ3n) is 8.61. The van der Waals surface area contributed by atoms with E-state index in [2.05, 4.69) is 10.1 Å². The number of benzene rings is 2. The molecule has 2 saturated heterocycles. The summed E-state index contributed by atoms with van der Waals surface area (Å²) < 4.78 is 40.3. The van der Waals surface area contributed by atoms with Crippen molar-refractivity contribution in [3.63, 3.8) is 0 Å². The highest BCUT2D eigenvalue weighted by atomic mass is 35.5. The molecule has 3 atom stereocenters. The Hall–Kier alpha value is -3.17. The van der Waals surface area contributed by atoms with Crippen molar-refractivity contribution in [1.82, 2.24) is 5.16 Å². The minimum absolute atomic E-state index is 0.0297. The number of rotatable bonds is 5. The minimum atomic E-state index is -3.55. The third kappa shape index (κ3) is 3.92. The molecule has 7 nitrogen and oxygen atoms in total. The van der Waals surface area contributed by atoms with E-state index in [4.69, 9.17) is 32.5 Å². The molecule has 4 heterocycles. The lowest BCUT2D eigenvalue weighted by molar-refractivity contribution is 0.0166. The molecule has 0 N–H and O–H groups in total. The quantitative estimate of drug-likeness (QED) is 0.232. The van der Waals surface area contributed by atoms with Crippen LogP contribution in [0.15, 0.2) is 40.9 Å². The molecule has 3 aliphatic heterocycles. The van der Waals surface area contributed by atoms with Crippen molar-refractivity contribution in [2.75, 3.05) is 16.8 Å². The summed E-state index contributed by atoms with van der Waals surface area (Å²) in [6.45, 7) is 0. The van der Waals surface area contributed by atoms with Gasteiger partial charge in [-0.1, -0.05) is 34.4 Å². The van der Waals surface area contributed by atoms with E-state index in [0.29, 0.717) is 34.2 Å². The summed E-state index contributed by atoms with van der Waals surface area (Å²) in [5, 5.41) is 4.92. The lowest BCUT2D eigenvalue weighted by atomic mass is 9.97. The Morgan fingerprint density at radius 1 is 1.07 bits per heavy atom. The van der Waals surface area contributed by atoms with Crippen LogP contribution in [-0.2, 0) is 4.74 Å². The van der Waals surface area contributed by atoms with E-state index < -0.39 is 17.8 Å². The number of halogens is 4. The van der Waals surface area contributed by atoms with Crippen molar-refractivity contribution in [2.24, 2.45) is 0 Å². The fraction of sp³-hybridized carbons (Fsp3) is 0.414. The van der Waals surface area contributed by atoms with Crippen LogP contribution in [0, 0.1) is 0 Å². The van der Waals surface area contributed by atoms with E-state index in [1.807, 2.05) is 0 Å². The van der Waals surface area contributed by atoms with Gasteiger partial charge in [0.15, 0.2) is 5.76 Å². The van der Waals surface area contributed by atoms with E-state index in [1.165, 1.54) is 13.1 Å². The Kier molecular flexibility index (Phi) is 5.91. The number of esters is 1. The number of aromatic nitrogens is 1. The van der Waals surface area contributed by atoms with Crippen molar-refractivity contribution in [1.29, 1.82) is 0 Å². The highest BCUT2D eigenvalue weighted by Crippen LogP contribution is 2.48. The molecule has 7 rings (SSSR count). The van der Waals surface area contributed by atoms with E-state index >= 15 is 0 Å². The predicted octanol–water partition coefficient (Wildman–Crippen LogP) is 7.11. The maximum absolute atomic E-state index is 14.3. The summed E-state index contributed by atoms with van der Waals surface area (Å²) in [5.74, 6) is -1.07. The number of piperidine rings is 1. The number of Topliss-reactive ketones (excluding diaryl/α,β-unsaturated/α-hetero) is 1. The van der Waals surface area contributed by atoms with E-state index in [1.54, 1.807) is 30.3 Å². The second kappa shape index (κ2) is 9.17. The van der Waals surface area contributed by atoms with Crippen LogP contribution >= 0.6 is 23.2 Å². The SMILES string of the molecule is CN1c2cc(N3[C@@H]4CC[C@H]3C[C@@H](OC(=O)c3c(-c5c(Cl)cccc5Cl)noc3C3CC3)C4)ccc2C(=O)C1(F)F. The second-order valence-electron chi connectivity index (χ2n) is 11.1. The van der Waals surface area contributed by atoms with Gasteiger partial charge in [-0.2, -0.15) is 8.78 Å². The van der Waals surface area contributed by atoms with Gasteiger partial charge >= 0.3 is 12.0 Å². The molecule has 0 amide bonds. The molecule has 40 heavy (non-hydrogen) atoms. The average Bonchev–Trinajstić information content (AvgIpc) is 3.58. The second-order valence-corrected chi connectivity index (χ2v) is 11.9. The topological polar surface area (TPSA) is 75.9 Å². The zero-order valence-electron chi connectivity index (χ0n) is 21.5. The Balaban J connectivity index is 1.13. The Bertz CT molecular complexity index is 1520. The van der Waals surface area contributed by atoms with Gasteiger partial charge in [-0.05, 0) is 56.0 Å². The molecule has 0 unspecified atom stereocenters.